The average molecular weight is 306 g/mol. The van der Waals surface area contributed by atoms with Gasteiger partial charge in [-0.05, 0) is 24.6 Å². The molecule has 0 atom stereocenters. The Morgan fingerprint density at radius 2 is 1.86 bits per heavy atom. The van der Waals surface area contributed by atoms with Gasteiger partial charge in [0.15, 0.2) is 9.84 Å². The number of nitrogens with zero attached hydrogens (tertiary/aromatic N) is 1. The van der Waals surface area contributed by atoms with Gasteiger partial charge in [-0.2, -0.15) is 0 Å². The Kier molecular flexibility index (Phi) is 3.95. The van der Waals surface area contributed by atoms with Gasteiger partial charge in [0, 0.05) is 11.6 Å². The van der Waals surface area contributed by atoms with Crippen molar-refractivity contribution >= 4 is 21.2 Å². The molecule has 2 aromatic rings. The number of nitrogen functional groups attached to an aromatic ring is 1. The van der Waals surface area contributed by atoms with Gasteiger partial charge in [0.2, 0.25) is 0 Å². The number of hydrogen-bond donors (Lipinski definition) is 1. The summed E-state index contributed by atoms with van der Waals surface area (Å²) in [5, 5.41) is 11.0. The van der Waals surface area contributed by atoms with Crippen LogP contribution in [-0.4, -0.2) is 13.3 Å². The second-order valence-electron chi connectivity index (χ2n) is 4.69. The molecule has 21 heavy (non-hydrogen) atoms. The van der Waals surface area contributed by atoms with Gasteiger partial charge in [-0.25, -0.2) is 8.42 Å². The van der Waals surface area contributed by atoms with Crippen molar-refractivity contribution in [2.45, 2.75) is 17.6 Å². The number of rotatable bonds is 4. The van der Waals surface area contributed by atoms with Crippen LogP contribution >= 0.6 is 0 Å². The Labute approximate surface area is 122 Å². The molecule has 0 bridgehead atoms. The van der Waals surface area contributed by atoms with E-state index in [0.717, 1.165) is 5.56 Å². The quantitative estimate of drug-likeness (QED) is 0.531. The fourth-order valence-electron chi connectivity index (χ4n) is 2.00. The smallest absolute Gasteiger partial charge is 0.273 e. The predicted molar refractivity (Wildman–Crippen MR) is 79.6 cm³/mol. The third kappa shape index (κ3) is 3.19. The van der Waals surface area contributed by atoms with Crippen LogP contribution in [0.2, 0.25) is 0 Å². The molecule has 110 valence electrons. The van der Waals surface area contributed by atoms with Gasteiger partial charge in [-0.3, -0.25) is 10.1 Å². The number of anilines is 1. The van der Waals surface area contributed by atoms with Crippen LogP contribution < -0.4 is 5.73 Å². The molecular formula is C14H14N2O4S. The zero-order chi connectivity index (χ0) is 15.6. The number of benzene rings is 2. The molecule has 2 aromatic carbocycles. The molecule has 0 saturated carbocycles. The lowest BCUT2D eigenvalue weighted by Gasteiger charge is -2.09. The summed E-state index contributed by atoms with van der Waals surface area (Å²) < 4.78 is 24.9. The monoisotopic (exact) mass is 306 g/mol. The second kappa shape index (κ2) is 5.53. The number of nitrogens with two attached hydrogens (primary N) is 1. The highest BCUT2D eigenvalue weighted by Crippen LogP contribution is 2.27. The second-order valence-corrected chi connectivity index (χ2v) is 6.64. The summed E-state index contributed by atoms with van der Waals surface area (Å²) in [7, 11) is -3.75. The predicted octanol–water partition coefficient (Wildman–Crippen LogP) is 2.46. The van der Waals surface area contributed by atoms with Crippen LogP contribution in [0.15, 0.2) is 47.4 Å². The number of aryl methyl sites for hydroxylation is 1. The van der Waals surface area contributed by atoms with Crippen LogP contribution in [0.3, 0.4) is 0 Å². The van der Waals surface area contributed by atoms with Crippen molar-refractivity contribution in [3.63, 3.8) is 0 Å². The highest BCUT2D eigenvalue weighted by atomic mass is 32.2. The zero-order valence-electron chi connectivity index (χ0n) is 11.3. The van der Waals surface area contributed by atoms with E-state index in [0.29, 0.717) is 0 Å². The van der Waals surface area contributed by atoms with Crippen LogP contribution in [0.5, 0.6) is 0 Å². The molecule has 0 radical (unpaired) electrons. The van der Waals surface area contributed by atoms with Gasteiger partial charge in [-0.1, -0.05) is 24.3 Å². The highest BCUT2D eigenvalue weighted by Gasteiger charge is 2.23. The fraction of sp³-hybridized carbons (Fsp3) is 0.143. The standard InChI is InChI=1S/C14H14N2O4S/c1-10-6-7-12(15)14(8-10)21(19,20)9-11-4-2-3-5-13(11)16(17)18/h2-8H,9,15H2,1H3. The van der Waals surface area contributed by atoms with Gasteiger partial charge >= 0.3 is 0 Å². The summed E-state index contributed by atoms with van der Waals surface area (Å²) in [6, 6.07) is 10.5. The molecule has 0 spiro atoms. The number of para-hydroxylation sites is 1. The third-order valence-electron chi connectivity index (χ3n) is 3.04. The molecule has 7 heteroatoms. The normalized spacial score (nSPS) is 11.3. The molecule has 0 aliphatic heterocycles. The molecule has 6 nitrogen and oxygen atoms in total. The maximum Gasteiger partial charge on any atom is 0.273 e. The van der Waals surface area contributed by atoms with Crippen molar-refractivity contribution in [1.82, 2.24) is 0 Å². The van der Waals surface area contributed by atoms with E-state index in [1.165, 1.54) is 30.3 Å². The first kappa shape index (κ1) is 15.0. The lowest BCUT2D eigenvalue weighted by molar-refractivity contribution is -0.385. The molecule has 0 saturated heterocycles. The first-order valence-electron chi connectivity index (χ1n) is 6.12. The van der Waals surface area contributed by atoms with E-state index in [2.05, 4.69) is 0 Å². The minimum atomic E-state index is -3.75. The van der Waals surface area contributed by atoms with E-state index in [1.807, 2.05) is 0 Å². The Hall–Kier alpha value is -2.41. The first-order chi connectivity index (χ1) is 9.81. The van der Waals surface area contributed by atoms with Crippen LogP contribution in [0, 0.1) is 17.0 Å². The highest BCUT2D eigenvalue weighted by molar-refractivity contribution is 7.90. The molecule has 0 fully saturated rings. The van der Waals surface area contributed by atoms with Crippen molar-refractivity contribution in [3.8, 4) is 0 Å². The summed E-state index contributed by atoms with van der Waals surface area (Å²) in [6.45, 7) is 1.75. The Bertz CT molecular complexity index is 800. The van der Waals surface area contributed by atoms with Crippen LogP contribution in [0.4, 0.5) is 11.4 Å². The summed E-state index contributed by atoms with van der Waals surface area (Å²) in [6.07, 6.45) is 0. The average Bonchev–Trinajstić information content (AvgIpc) is 2.41. The number of sulfone groups is 1. The first-order valence-corrected chi connectivity index (χ1v) is 7.77. The molecular weight excluding hydrogens is 292 g/mol. The zero-order valence-corrected chi connectivity index (χ0v) is 12.1. The van der Waals surface area contributed by atoms with Gasteiger partial charge in [-0.15, -0.1) is 0 Å². The van der Waals surface area contributed by atoms with E-state index in [9.17, 15) is 18.5 Å². The summed E-state index contributed by atoms with van der Waals surface area (Å²) in [5.41, 5.74) is 6.53. The van der Waals surface area contributed by atoms with Crippen molar-refractivity contribution in [2.75, 3.05) is 5.73 Å². The number of nitro benzene ring substituents is 1. The topological polar surface area (TPSA) is 103 Å². The maximum atomic E-state index is 12.4. The van der Waals surface area contributed by atoms with Crippen molar-refractivity contribution in [1.29, 1.82) is 0 Å². The minimum absolute atomic E-state index is 0.000603. The number of hydrogen-bond acceptors (Lipinski definition) is 5. The van der Waals surface area contributed by atoms with Crippen LogP contribution in [0.1, 0.15) is 11.1 Å². The fourth-order valence-corrected chi connectivity index (χ4v) is 3.61. The Morgan fingerprint density at radius 3 is 2.52 bits per heavy atom. The van der Waals surface area contributed by atoms with Gasteiger partial charge in [0.05, 0.1) is 21.3 Å². The molecule has 0 aromatic heterocycles. The van der Waals surface area contributed by atoms with Crippen molar-refractivity contribution < 1.29 is 13.3 Å². The number of nitro groups is 1. The van der Waals surface area contributed by atoms with E-state index in [-0.39, 0.29) is 21.8 Å². The molecule has 2 N–H and O–H groups in total. The van der Waals surface area contributed by atoms with E-state index >= 15 is 0 Å². The Morgan fingerprint density at radius 1 is 1.19 bits per heavy atom. The van der Waals surface area contributed by atoms with Gasteiger partial charge in [0.1, 0.15) is 0 Å². The summed E-state index contributed by atoms with van der Waals surface area (Å²) in [4.78, 5) is 10.4. The van der Waals surface area contributed by atoms with E-state index in [4.69, 9.17) is 5.73 Å². The molecule has 0 aliphatic carbocycles. The van der Waals surface area contributed by atoms with Crippen molar-refractivity contribution in [2.24, 2.45) is 0 Å². The molecule has 2 rings (SSSR count). The van der Waals surface area contributed by atoms with Crippen LogP contribution in [0.25, 0.3) is 0 Å². The van der Waals surface area contributed by atoms with Crippen LogP contribution in [-0.2, 0) is 15.6 Å². The van der Waals surface area contributed by atoms with E-state index in [1.54, 1.807) is 19.1 Å². The van der Waals surface area contributed by atoms with E-state index < -0.39 is 20.5 Å². The maximum absolute atomic E-state index is 12.4. The lowest BCUT2D eigenvalue weighted by atomic mass is 10.2. The molecule has 0 aliphatic rings. The lowest BCUT2D eigenvalue weighted by Crippen LogP contribution is -2.09. The van der Waals surface area contributed by atoms with Crippen molar-refractivity contribution in [3.05, 3.63) is 63.7 Å². The van der Waals surface area contributed by atoms with Gasteiger partial charge in [0.25, 0.3) is 5.69 Å². The minimum Gasteiger partial charge on any atom is -0.398 e. The molecule has 0 unspecified atom stereocenters. The summed E-state index contributed by atoms with van der Waals surface area (Å²) >= 11 is 0. The third-order valence-corrected chi connectivity index (χ3v) is 4.75. The molecule has 0 heterocycles. The Balaban J connectivity index is 2.48. The largest absolute Gasteiger partial charge is 0.398 e. The molecule has 0 amide bonds. The van der Waals surface area contributed by atoms with Gasteiger partial charge < -0.3 is 5.73 Å². The summed E-state index contributed by atoms with van der Waals surface area (Å²) in [5.74, 6) is -0.461. The SMILES string of the molecule is Cc1ccc(N)c(S(=O)(=O)Cc2ccccc2[N+](=O)[O-])c1.